The fraction of sp³-hybridized carbons (Fsp3) is 0. The van der Waals surface area contributed by atoms with E-state index in [4.69, 9.17) is 16.0 Å². The predicted molar refractivity (Wildman–Crippen MR) is 125 cm³/mol. The van der Waals surface area contributed by atoms with Gasteiger partial charge in [0.1, 0.15) is 12.1 Å². The van der Waals surface area contributed by atoms with Crippen molar-refractivity contribution in [2.45, 2.75) is 4.90 Å². The van der Waals surface area contributed by atoms with Gasteiger partial charge in [0.25, 0.3) is 10.0 Å². The van der Waals surface area contributed by atoms with Crippen LogP contribution < -0.4 is 4.72 Å². The summed E-state index contributed by atoms with van der Waals surface area (Å²) in [5, 5.41) is 0.716. The number of rotatable bonds is 5. The summed E-state index contributed by atoms with van der Waals surface area (Å²) in [5.74, 6) is -0.536. The smallest absolute Gasteiger partial charge is 0.261 e. The molecule has 0 saturated heterocycles. The SMILES string of the molecule is O=S(=O)(Nc1cc(-c2coc3ncc(-c4ccccc4)cc23)cnc1Cl)c1ccc(F)cc1. The Morgan fingerprint density at radius 3 is 2.36 bits per heavy atom. The van der Waals surface area contributed by atoms with Crippen LogP contribution >= 0.6 is 11.6 Å². The quantitative estimate of drug-likeness (QED) is 0.305. The van der Waals surface area contributed by atoms with Crippen LogP contribution in [0, 0.1) is 5.82 Å². The first-order chi connectivity index (χ1) is 15.9. The average molecular weight is 480 g/mol. The minimum atomic E-state index is -4.00. The second kappa shape index (κ2) is 8.31. The fourth-order valence-electron chi connectivity index (χ4n) is 3.41. The Labute approximate surface area is 193 Å². The summed E-state index contributed by atoms with van der Waals surface area (Å²) in [5.41, 5.74) is 3.70. The molecule has 164 valence electrons. The zero-order chi connectivity index (χ0) is 23.0. The van der Waals surface area contributed by atoms with Crippen molar-refractivity contribution in [3.8, 4) is 22.3 Å². The van der Waals surface area contributed by atoms with Gasteiger partial charge in [-0.05, 0) is 42.0 Å². The molecule has 0 amide bonds. The molecule has 0 unspecified atom stereocenters. The molecule has 0 radical (unpaired) electrons. The molecule has 0 spiro atoms. The molecule has 0 aliphatic carbocycles. The van der Waals surface area contributed by atoms with Crippen molar-refractivity contribution in [1.82, 2.24) is 9.97 Å². The second-order valence-electron chi connectivity index (χ2n) is 7.21. The number of hydrogen-bond acceptors (Lipinski definition) is 5. The van der Waals surface area contributed by atoms with Gasteiger partial charge in [0, 0.05) is 34.5 Å². The van der Waals surface area contributed by atoms with Gasteiger partial charge in [-0.25, -0.2) is 22.8 Å². The van der Waals surface area contributed by atoms with Crippen LogP contribution in [0.4, 0.5) is 10.1 Å². The van der Waals surface area contributed by atoms with E-state index in [0.717, 1.165) is 28.6 Å². The van der Waals surface area contributed by atoms with E-state index in [1.807, 2.05) is 36.4 Å². The van der Waals surface area contributed by atoms with Crippen LogP contribution in [0.15, 0.2) is 94.7 Å². The molecule has 3 heterocycles. The molecule has 2 aromatic carbocycles. The zero-order valence-electron chi connectivity index (χ0n) is 16.9. The van der Waals surface area contributed by atoms with E-state index >= 15 is 0 Å². The summed E-state index contributed by atoms with van der Waals surface area (Å²) in [7, 11) is -4.00. The maximum atomic E-state index is 13.2. The molecule has 6 nitrogen and oxygen atoms in total. The van der Waals surface area contributed by atoms with Gasteiger partial charge in [0.15, 0.2) is 5.15 Å². The standard InChI is InChI=1S/C24H15ClFN3O3S/c25-23-22(29-33(30,31)19-8-6-18(26)7-9-19)11-17(13-27-23)21-14-32-24-20(21)10-16(12-28-24)15-4-2-1-3-5-15/h1-14,29H. The molecule has 0 bridgehead atoms. The van der Waals surface area contributed by atoms with E-state index in [1.165, 1.54) is 24.6 Å². The van der Waals surface area contributed by atoms with Crippen LogP contribution in [0.25, 0.3) is 33.4 Å². The molecule has 0 atom stereocenters. The van der Waals surface area contributed by atoms with Gasteiger partial charge in [0.2, 0.25) is 5.71 Å². The largest absolute Gasteiger partial charge is 0.445 e. The van der Waals surface area contributed by atoms with Crippen molar-refractivity contribution >= 4 is 38.4 Å². The van der Waals surface area contributed by atoms with E-state index in [9.17, 15) is 12.8 Å². The van der Waals surface area contributed by atoms with E-state index in [2.05, 4.69) is 14.7 Å². The first kappa shape index (κ1) is 21.1. The van der Waals surface area contributed by atoms with E-state index in [0.29, 0.717) is 16.8 Å². The normalized spacial score (nSPS) is 11.6. The molecule has 0 aliphatic rings. The third kappa shape index (κ3) is 4.18. The highest BCUT2D eigenvalue weighted by atomic mass is 35.5. The molecule has 5 aromatic rings. The molecule has 0 aliphatic heterocycles. The van der Waals surface area contributed by atoms with Crippen LogP contribution in [0.2, 0.25) is 5.15 Å². The number of anilines is 1. The number of sulfonamides is 1. The Morgan fingerprint density at radius 1 is 0.879 bits per heavy atom. The van der Waals surface area contributed by atoms with E-state index < -0.39 is 15.8 Å². The first-order valence-corrected chi connectivity index (χ1v) is 11.6. The minimum absolute atomic E-state index is 0.0275. The zero-order valence-corrected chi connectivity index (χ0v) is 18.4. The maximum Gasteiger partial charge on any atom is 0.261 e. The first-order valence-electron chi connectivity index (χ1n) is 9.78. The van der Waals surface area contributed by atoms with Gasteiger partial charge in [-0.15, -0.1) is 0 Å². The number of hydrogen-bond donors (Lipinski definition) is 1. The lowest BCUT2D eigenvalue weighted by atomic mass is 10.0. The molecule has 0 saturated carbocycles. The molecule has 0 fully saturated rings. The van der Waals surface area contributed by atoms with Gasteiger partial charge < -0.3 is 4.42 Å². The molecule has 33 heavy (non-hydrogen) atoms. The minimum Gasteiger partial charge on any atom is -0.445 e. The Balaban J connectivity index is 1.54. The van der Waals surface area contributed by atoms with Crippen molar-refractivity contribution in [3.63, 3.8) is 0 Å². The Bertz CT molecular complexity index is 1570. The lowest BCUT2D eigenvalue weighted by molar-refractivity contribution is 0.599. The number of pyridine rings is 2. The molecular weight excluding hydrogens is 465 g/mol. The summed E-state index contributed by atoms with van der Waals surface area (Å²) >= 11 is 6.17. The van der Waals surface area contributed by atoms with E-state index in [1.54, 1.807) is 12.3 Å². The van der Waals surface area contributed by atoms with Crippen LogP contribution in [0.5, 0.6) is 0 Å². The number of furan rings is 1. The summed E-state index contributed by atoms with van der Waals surface area (Å²) in [4.78, 5) is 8.42. The van der Waals surface area contributed by atoms with Crippen LogP contribution in [-0.4, -0.2) is 18.4 Å². The monoisotopic (exact) mass is 479 g/mol. The van der Waals surface area contributed by atoms with Crippen LogP contribution in [0.1, 0.15) is 0 Å². The third-order valence-electron chi connectivity index (χ3n) is 5.06. The number of nitrogens with zero attached hydrogens (tertiary/aromatic N) is 2. The lowest BCUT2D eigenvalue weighted by Gasteiger charge is -2.10. The number of benzene rings is 2. The number of nitrogens with one attached hydrogen (secondary N) is 1. The van der Waals surface area contributed by atoms with Gasteiger partial charge >= 0.3 is 0 Å². The predicted octanol–water partition coefficient (Wildman–Crippen LogP) is 6.15. The van der Waals surface area contributed by atoms with Gasteiger partial charge in [-0.3, -0.25) is 4.72 Å². The van der Waals surface area contributed by atoms with E-state index in [-0.39, 0.29) is 15.7 Å². The van der Waals surface area contributed by atoms with Gasteiger partial charge in [0.05, 0.1) is 10.6 Å². The Morgan fingerprint density at radius 2 is 1.61 bits per heavy atom. The highest BCUT2D eigenvalue weighted by Gasteiger charge is 2.18. The highest BCUT2D eigenvalue weighted by Crippen LogP contribution is 2.35. The highest BCUT2D eigenvalue weighted by molar-refractivity contribution is 7.92. The van der Waals surface area contributed by atoms with Crippen LogP contribution in [0.3, 0.4) is 0 Å². The fourth-order valence-corrected chi connectivity index (χ4v) is 4.68. The van der Waals surface area contributed by atoms with Crippen molar-refractivity contribution in [2.75, 3.05) is 4.72 Å². The number of halogens is 2. The number of aromatic nitrogens is 2. The summed E-state index contributed by atoms with van der Waals surface area (Å²) in [6.45, 7) is 0. The summed E-state index contributed by atoms with van der Waals surface area (Å²) in [6, 6.07) is 17.8. The third-order valence-corrected chi connectivity index (χ3v) is 6.74. The topological polar surface area (TPSA) is 85.1 Å². The van der Waals surface area contributed by atoms with Crippen molar-refractivity contribution in [2.24, 2.45) is 0 Å². The van der Waals surface area contributed by atoms with Gasteiger partial charge in [-0.1, -0.05) is 41.9 Å². The molecular formula is C24H15ClFN3O3S. The maximum absolute atomic E-state index is 13.2. The molecule has 5 rings (SSSR count). The summed E-state index contributed by atoms with van der Waals surface area (Å²) in [6.07, 6.45) is 4.79. The second-order valence-corrected chi connectivity index (χ2v) is 9.25. The molecule has 1 N–H and O–H groups in total. The average Bonchev–Trinajstić information content (AvgIpc) is 3.24. The van der Waals surface area contributed by atoms with Gasteiger partial charge in [-0.2, -0.15) is 0 Å². The number of fused-ring (bicyclic) bond motifs is 1. The lowest BCUT2D eigenvalue weighted by Crippen LogP contribution is -2.13. The summed E-state index contributed by atoms with van der Waals surface area (Å²) < 4.78 is 46.7. The van der Waals surface area contributed by atoms with Crippen molar-refractivity contribution in [1.29, 1.82) is 0 Å². The Kier molecular flexibility index (Phi) is 5.32. The van der Waals surface area contributed by atoms with Crippen molar-refractivity contribution in [3.05, 3.63) is 96.4 Å². The molecule has 9 heteroatoms. The van der Waals surface area contributed by atoms with Crippen LogP contribution in [-0.2, 0) is 10.0 Å². The Hall–Kier alpha value is -3.75. The molecule has 3 aromatic heterocycles. The van der Waals surface area contributed by atoms with Crippen molar-refractivity contribution < 1.29 is 17.2 Å².